The van der Waals surface area contributed by atoms with Crippen LogP contribution in [-0.2, 0) is 0 Å². The maximum absolute atomic E-state index is 10.9. The second kappa shape index (κ2) is 4.79. The predicted molar refractivity (Wildman–Crippen MR) is 42.5 cm³/mol. The summed E-state index contributed by atoms with van der Waals surface area (Å²) in [6, 6.07) is 0. The molecule has 1 aliphatic rings. The number of hydrogen-bond donors (Lipinski definition) is 1. The molecule has 1 fully saturated rings. The molecule has 12 heavy (non-hydrogen) atoms. The highest BCUT2D eigenvalue weighted by Gasteiger charge is 2.13. The van der Waals surface area contributed by atoms with Crippen molar-refractivity contribution in [3.63, 3.8) is 0 Å². The second-order valence-corrected chi connectivity index (χ2v) is 3.06. The molecule has 0 aromatic rings. The zero-order chi connectivity index (χ0) is 8.81. The van der Waals surface area contributed by atoms with Crippen molar-refractivity contribution in [1.82, 2.24) is 5.01 Å². The predicted octanol–water partition coefficient (Wildman–Crippen LogP) is 1.52. The van der Waals surface area contributed by atoms with Crippen molar-refractivity contribution in [2.45, 2.75) is 32.1 Å². The number of nitrogens with zero attached hydrogens (tertiary/aromatic N) is 3. The summed E-state index contributed by atoms with van der Waals surface area (Å²) in [4.78, 5) is 0.283. The SMILES string of the molecule is [O-][N+](=NO)N1CCCCCCC1. The van der Waals surface area contributed by atoms with E-state index >= 15 is 0 Å². The summed E-state index contributed by atoms with van der Waals surface area (Å²) in [6.45, 7) is 1.40. The van der Waals surface area contributed by atoms with Gasteiger partial charge in [-0.15, -0.1) is 5.01 Å². The van der Waals surface area contributed by atoms with Gasteiger partial charge in [0.25, 0.3) is 0 Å². The molecule has 1 aliphatic heterocycles. The van der Waals surface area contributed by atoms with Crippen LogP contribution in [-0.4, -0.2) is 28.3 Å². The monoisotopic (exact) mass is 173 g/mol. The quantitative estimate of drug-likeness (QED) is 0.371. The Balaban J connectivity index is 2.39. The summed E-state index contributed by atoms with van der Waals surface area (Å²) < 4.78 is 0. The third-order valence-corrected chi connectivity index (χ3v) is 2.15. The Hall–Kier alpha value is -1.00. The average Bonchev–Trinajstić information content (AvgIpc) is 2.02. The number of hydrogen-bond acceptors (Lipinski definition) is 2. The fourth-order valence-corrected chi connectivity index (χ4v) is 1.46. The Morgan fingerprint density at radius 3 is 2.08 bits per heavy atom. The maximum Gasteiger partial charge on any atom is 0.230 e. The third kappa shape index (κ3) is 2.56. The fraction of sp³-hybridized carbons (Fsp3) is 1.00. The molecule has 1 heterocycles. The van der Waals surface area contributed by atoms with Gasteiger partial charge in [0.05, 0.1) is 18.1 Å². The van der Waals surface area contributed by atoms with E-state index in [2.05, 4.69) is 5.28 Å². The minimum absolute atomic E-state index is 0.283. The van der Waals surface area contributed by atoms with Crippen LogP contribution < -0.4 is 0 Å². The molecule has 1 rings (SSSR count). The molecule has 5 heteroatoms. The van der Waals surface area contributed by atoms with Crippen LogP contribution in [0.1, 0.15) is 32.1 Å². The Bertz CT molecular complexity index is 153. The lowest BCUT2D eigenvalue weighted by Crippen LogP contribution is -2.33. The normalized spacial score (nSPS) is 21.7. The largest absolute Gasteiger partial charge is 0.569 e. The first-order chi connectivity index (χ1) is 5.84. The minimum atomic E-state index is 0.283. The van der Waals surface area contributed by atoms with Gasteiger partial charge in [-0.25, -0.2) is 0 Å². The summed E-state index contributed by atoms with van der Waals surface area (Å²) in [5.41, 5.74) is 0. The van der Waals surface area contributed by atoms with Gasteiger partial charge in [0, 0.05) is 0 Å². The molecular formula is C7H15N3O2. The fourth-order valence-electron chi connectivity index (χ4n) is 1.46. The molecule has 0 saturated carbocycles. The molecule has 0 aromatic heterocycles. The van der Waals surface area contributed by atoms with E-state index in [1.807, 2.05) is 0 Å². The summed E-state index contributed by atoms with van der Waals surface area (Å²) in [5.74, 6) is 0. The first-order valence-electron chi connectivity index (χ1n) is 4.42. The van der Waals surface area contributed by atoms with Gasteiger partial charge >= 0.3 is 0 Å². The van der Waals surface area contributed by atoms with Crippen molar-refractivity contribution in [3.8, 4) is 0 Å². The highest BCUT2D eigenvalue weighted by molar-refractivity contribution is 4.54. The van der Waals surface area contributed by atoms with E-state index in [1.165, 1.54) is 11.4 Å². The van der Waals surface area contributed by atoms with Crippen LogP contribution in [0.5, 0.6) is 0 Å². The van der Waals surface area contributed by atoms with Gasteiger partial charge in [-0.1, -0.05) is 19.3 Å². The van der Waals surface area contributed by atoms with Gasteiger partial charge < -0.3 is 10.4 Å². The summed E-state index contributed by atoms with van der Waals surface area (Å²) in [6.07, 6.45) is 5.59. The van der Waals surface area contributed by atoms with Gasteiger partial charge in [-0.3, -0.25) is 0 Å². The third-order valence-electron chi connectivity index (χ3n) is 2.15. The maximum atomic E-state index is 10.9. The molecule has 0 amide bonds. The molecule has 1 saturated heterocycles. The Morgan fingerprint density at radius 1 is 1.08 bits per heavy atom. The van der Waals surface area contributed by atoms with Crippen molar-refractivity contribution in [3.05, 3.63) is 5.21 Å². The van der Waals surface area contributed by atoms with Crippen molar-refractivity contribution in [2.24, 2.45) is 5.28 Å². The molecule has 0 unspecified atom stereocenters. The van der Waals surface area contributed by atoms with Crippen molar-refractivity contribution in [1.29, 1.82) is 0 Å². The summed E-state index contributed by atoms with van der Waals surface area (Å²) >= 11 is 0. The van der Waals surface area contributed by atoms with Crippen LogP contribution in [0.25, 0.3) is 0 Å². The molecule has 5 nitrogen and oxygen atoms in total. The molecule has 0 atom stereocenters. The van der Waals surface area contributed by atoms with Crippen LogP contribution in [0.3, 0.4) is 0 Å². The van der Waals surface area contributed by atoms with E-state index in [0.29, 0.717) is 13.1 Å². The minimum Gasteiger partial charge on any atom is -0.569 e. The van der Waals surface area contributed by atoms with Gasteiger partial charge in [0.15, 0.2) is 0 Å². The molecule has 0 radical (unpaired) electrons. The van der Waals surface area contributed by atoms with Crippen LogP contribution in [0.2, 0.25) is 0 Å². The Labute approximate surface area is 71.8 Å². The van der Waals surface area contributed by atoms with Crippen molar-refractivity contribution >= 4 is 0 Å². The zero-order valence-corrected chi connectivity index (χ0v) is 7.15. The lowest BCUT2D eigenvalue weighted by Gasteiger charge is -2.19. The molecule has 0 spiro atoms. The molecule has 1 N–H and O–H groups in total. The second-order valence-electron chi connectivity index (χ2n) is 3.06. The van der Waals surface area contributed by atoms with Gasteiger partial charge in [0.2, 0.25) is 5.28 Å². The van der Waals surface area contributed by atoms with Gasteiger partial charge in [-0.2, -0.15) is 0 Å². The van der Waals surface area contributed by atoms with E-state index in [0.717, 1.165) is 25.7 Å². The van der Waals surface area contributed by atoms with Crippen molar-refractivity contribution in [2.75, 3.05) is 13.1 Å². The number of hydrazine groups is 1. The van der Waals surface area contributed by atoms with Crippen LogP contribution in [0, 0.1) is 5.21 Å². The van der Waals surface area contributed by atoms with E-state index < -0.39 is 0 Å². The first-order valence-corrected chi connectivity index (χ1v) is 4.42. The highest BCUT2D eigenvalue weighted by atomic mass is 16.6. The smallest absolute Gasteiger partial charge is 0.230 e. The molecule has 0 aliphatic carbocycles. The zero-order valence-electron chi connectivity index (χ0n) is 7.15. The lowest BCUT2D eigenvalue weighted by molar-refractivity contribution is -0.710. The number of rotatable bonds is 1. The lowest BCUT2D eigenvalue weighted by atomic mass is 10.1. The molecule has 0 aromatic carbocycles. The van der Waals surface area contributed by atoms with Gasteiger partial charge in [-0.05, 0) is 12.8 Å². The van der Waals surface area contributed by atoms with E-state index in [-0.39, 0.29) is 4.97 Å². The first kappa shape index (κ1) is 9.09. The Morgan fingerprint density at radius 2 is 1.58 bits per heavy atom. The Kier molecular flexibility index (Phi) is 3.63. The molecular weight excluding hydrogens is 158 g/mol. The summed E-state index contributed by atoms with van der Waals surface area (Å²) in [7, 11) is 0. The van der Waals surface area contributed by atoms with E-state index in [4.69, 9.17) is 5.21 Å². The molecule has 70 valence electrons. The van der Waals surface area contributed by atoms with E-state index in [1.54, 1.807) is 0 Å². The van der Waals surface area contributed by atoms with E-state index in [9.17, 15) is 5.21 Å². The highest BCUT2D eigenvalue weighted by Crippen LogP contribution is 2.10. The average molecular weight is 173 g/mol. The van der Waals surface area contributed by atoms with Crippen LogP contribution in [0.4, 0.5) is 0 Å². The standard InChI is InChI=1S/C7H15N3O2/c11-8-10(12)9-6-4-2-1-3-5-7-9/h11H,1-7H2. The summed E-state index contributed by atoms with van der Waals surface area (Å²) in [5, 5.41) is 23.2. The van der Waals surface area contributed by atoms with Crippen LogP contribution in [0.15, 0.2) is 5.28 Å². The van der Waals surface area contributed by atoms with Gasteiger partial charge in [0.1, 0.15) is 0 Å². The van der Waals surface area contributed by atoms with Crippen LogP contribution >= 0.6 is 0 Å². The van der Waals surface area contributed by atoms with Crippen molar-refractivity contribution < 1.29 is 10.2 Å². The topological polar surface area (TPSA) is 61.9 Å². The molecule has 0 bridgehead atoms.